The number of rotatable bonds is 4. The van der Waals surface area contributed by atoms with E-state index in [0.717, 1.165) is 10.9 Å². The van der Waals surface area contributed by atoms with Gasteiger partial charge >= 0.3 is 0 Å². The Kier molecular flexibility index (Phi) is 4.01. The molecule has 21 heavy (non-hydrogen) atoms. The normalized spacial score (nSPS) is 12.5. The van der Waals surface area contributed by atoms with Crippen LogP contribution in [0.2, 0.25) is 0 Å². The van der Waals surface area contributed by atoms with E-state index in [9.17, 15) is 8.76 Å². The van der Waals surface area contributed by atoms with Crippen LogP contribution in [0.4, 0.5) is 0 Å². The molecule has 0 bridgehead atoms. The first-order valence-corrected chi connectivity index (χ1v) is 8.10. The third-order valence-electron chi connectivity index (χ3n) is 3.16. The Morgan fingerprint density at radius 3 is 2.62 bits per heavy atom. The average molecular weight is 319 g/mol. The molecule has 1 N–H and O–H groups in total. The number of ether oxygens (including phenoxy) is 1. The maximum Gasteiger partial charge on any atom is 0.157 e. The zero-order valence-electron chi connectivity index (χ0n) is 11.2. The van der Waals surface area contributed by atoms with Crippen LogP contribution in [0.25, 0.3) is 10.9 Å². The first kappa shape index (κ1) is 14.2. The van der Waals surface area contributed by atoms with Gasteiger partial charge in [-0.15, -0.1) is 0 Å². The Bertz CT molecular complexity index is 799. The second-order valence-electron chi connectivity index (χ2n) is 4.36. The van der Waals surface area contributed by atoms with Crippen molar-refractivity contribution in [2.24, 2.45) is 0 Å². The largest absolute Gasteiger partial charge is 0.497 e. The third-order valence-corrected chi connectivity index (χ3v) is 5.02. The van der Waals surface area contributed by atoms with Crippen molar-refractivity contribution in [1.29, 1.82) is 0 Å². The van der Waals surface area contributed by atoms with Crippen LogP contribution >= 0.6 is 12.0 Å². The van der Waals surface area contributed by atoms with Crippen LogP contribution in [0.5, 0.6) is 5.75 Å². The summed E-state index contributed by atoms with van der Waals surface area (Å²) in [5.74, 6) is 0.682. The molecule has 2 aromatic carbocycles. The Morgan fingerprint density at radius 1 is 1.19 bits per heavy atom. The zero-order chi connectivity index (χ0) is 14.8. The van der Waals surface area contributed by atoms with Crippen molar-refractivity contribution in [2.45, 2.75) is 9.79 Å². The molecule has 0 saturated heterocycles. The summed E-state index contributed by atoms with van der Waals surface area (Å²) in [6.07, 6.45) is 1.69. The molecule has 4 nitrogen and oxygen atoms in total. The summed E-state index contributed by atoms with van der Waals surface area (Å²) in [6, 6.07) is 14.7. The SMILES string of the molecule is COc1ccc2c(SO)cn(S(=O)c3ccccc3)c2c1. The van der Waals surface area contributed by atoms with Crippen LogP contribution in [0.15, 0.2) is 64.5 Å². The quantitative estimate of drug-likeness (QED) is 0.743. The lowest BCUT2D eigenvalue weighted by atomic mass is 10.2. The minimum absolute atomic E-state index is 0.649. The number of fused-ring (bicyclic) bond motifs is 1. The van der Waals surface area contributed by atoms with Crippen molar-refractivity contribution in [2.75, 3.05) is 7.11 Å². The van der Waals surface area contributed by atoms with Crippen LogP contribution in [0.1, 0.15) is 0 Å². The van der Waals surface area contributed by atoms with Gasteiger partial charge in [-0.25, -0.2) is 4.21 Å². The van der Waals surface area contributed by atoms with E-state index in [1.807, 2.05) is 48.5 Å². The Morgan fingerprint density at radius 2 is 1.95 bits per heavy atom. The van der Waals surface area contributed by atoms with Crippen molar-refractivity contribution >= 4 is 33.9 Å². The summed E-state index contributed by atoms with van der Waals surface area (Å²) >= 11 is 0.649. The first-order chi connectivity index (χ1) is 10.2. The van der Waals surface area contributed by atoms with E-state index in [4.69, 9.17) is 4.74 Å². The molecule has 0 aliphatic carbocycles. The molecule has 3 rings (SSSR count). The van der Waals surface area contributed by atoms with Gasteiger partial charge in [-0.05, 0) is 24.3 Å². The maximum atomic E-state index is 12.7. The number of aromatic nitrogens is 1. The van der Waals surface area contributed by atoms with Gasteiger partial charge in [0.05, 0.1) is 22.4 Å². The molecule has 1 atom stereocenters. The zero-order valence-corrected chi connectivity index (χ0v) is 12.9. The number of benzene rings is 2. The molecule has 0 aliphatic rings. The number of hydrogen-bond donors (Lipinski definition) is 1. The van der Waals surface area contributed by atoms with Gasteiger partial charge in [-0.3, -0.25) is 3.97 Å². The van der Waals surface area contributed by atoms with Crippen LogP contribution in [0, 0.1) is 0 Å². The predicted octanol–water partition coefficient (Wildman–Crippen LogP) is 3.79. The molecule has 1 aromatic heterocycles. The topological polar surface area (TPSA) is 51.5 Å². The minimum atomic E-state index is -1.38. The van der Waals surface area contributed by atoms with Crippen LogP contribution in [0.3, 0.4) is 0 Å². The number of hydrogen-bond acceptors (Lipinski definition) is 4. The molecule has 1 heterocycles. The van der Waals surface area contributed by atoms with Crippen LogP contribution in [-0.2, 0) is 11.0 Å². The van der Waals surface area contributed by atoms with Crippen molar-refractivity contribution < 1.29 is 13.5 Å². The van der Waals surface area contributed by atoms with Crippen LogP contribution < -0.4 is 4.74 Å². The second kappa shape index (κ2) is 5.93. The summed E-state index contributed by atoms with van der Waals surface area (Å²) in [4.78, 5) is 1.36. The highest BCUT2D eigenvalue weighted by molar-refractivity contribution is 7.94. The smallest absolute Gasteiger partial charge is 0.157 e. The van der Waals surface area contributed by atoms with Gasteiger partial charge in [-0.2, -0.15) is 0 Å². The van der Waals surface area contributed by atoms with Gasteiger partial charge in [0.15, 0.2) is 11.0 Å². The second-order valence-corrected chi connectivity index (χ2v) is 6.34. The van der Waals surface area contributed by atoms with E-state index in [1.54, 1.807) is 17.3 Å². The molecule has 6 heteroatoms. The van der Waals surface area contributed by atoms with E-state index in [2.05, 4.69) is 0 Å². The molecule has 0 aliphatic heterocycles. The van der Waals surface area contributed by atoms with E-state index in [1.165, 1.54) is 0 Å². The van der Waals surface area contributed by atoms with Gasteiger partial charge < -0.3 is 9.29 Å². The van der Waals surface area contributed by atoms with E-state index >= 15 is 0 Å². The molecular formula is C15H13NO3S2. The van der Waals surface area contributed by atoms with Gasteiger partial charge in [0.2, 0.25) is 0 Å². The predicted molar refractivity (Wildman–Crippen MR) is 85.2 cm³/mol. The monoisotopic (exact) mass is 319 g/mol. The lowest BCUT2D eigenvalue weighted by Gasteiger charge is -2.06. The Balaban J connectivity index is 2.19. The van der Waals surface area contributed by atoms with Gasteiger partial charge in [0.25, 0.3) is 0 Å². The molecular weight excluding hydrogens is 306 g/mol. The fraction of sp³-hybridized carbons (Fsp3) is 0.0667. The fourth-order valence-electron chi connectivity index (χ4n) is 2.14. The van der Waals surface area contributed by atoms with Crippen molar-refractivity contribution in [3.8, 4) is 5.75 Å². The third kappa shape index (κ3) is 2.57. The fourth-order valence-corrected chi connectivity index (χ4v) is 3.77. The summed E-state index contributed by atoms with van der Waals surface area (Å²) in [7, 11) is 0.212. The summed E-state index contributed by atoms with van der Waals surface area (Å²) in [5.41, 5.74) is 0.757. The highest BCUT2D eigenvalue weighted by atomic mass is 32.2. The molecule has 1 unspecified atom stereocenters. The molecule has 0 saturated carbocycles. The highest BCUT2D eigenvalue weighted by Gasteiger charge is 2.15. The Hall–Kier alpha value is -1.76. The van der Waals surface area contributed by atoms with E-state index in [0.29, 0.717) is 27.6 Å². The van der Waals surface area contributed by atoms with E-state index in [-0.39, 0.29) is 0 Å². The van der Waals surface area contributed by atoms with Gasteiger partial charge in [0, 0.05) is 29.7 Å². The standard InChI is InChI=1S/C15H13NO3S2/c1-19-11-7-8-13-14(9-11)16(10-15(13)20-17)21(18)12-5-3-2-4-6-12/h2-10,17H,1H3. The lowest BCUT2D eigenvalue weighted by molar-refractivity contribution is 0.415. The summed E-state index contributed by atoms with van der Waals surface area (Å²) in [6.45, 7) is 0. The van der Waals surface area contributed by atoms with Crippen molar-refractivity contribution in [3.63, 3.8) is 0 Å². The maximum absolute atomic E-state index is 12.7. The minimum Gasteiger partial charge on any atom is -0.497 e. The van der Waals surface area contributed by atoms with Crippen molar-refractivity contribution in [1.82, 2.24) is 3.97 Å². The first-order valence-electron chi connectivity index (χ1n) is 6.22. The molecule has 108 valence electrons. The van der Waals surface area contributed by atoms with E-state index < -0.39 is 11.0 Å². The Labute approximate surface area is 129 Å². The molecule has 0 spiro atoms. The molecule has 0 amide bonds. The van der Waals surface area contributed by atoms with Crippen molar-refractivity contribution in [3.05, 3.63) is 54.7 Å². The lowest BCUT2D eigenvalue weighted by Crippen LogP contribution is -2.03. The number of methoxy groups -OCH3 is 1. The van der Waals surface area contributed by atoms with Gasteiger partial charge in [0.1, 0.15) is 5.75 Å². The summed E-state index contributed by atoms with van der Waals surface area (Å²) < 4.78 is 29.0. The highest BCUT2D eigenvalue weighted by Crippen LogP contribution is 2.32. The summed E-state index contributed by atoms with van der Waals surface area (Å²) in [5, 5.41) is 0.840. The average Bonchev–Trinajstić information content (AvgIpc) is 2.92. The van der Waals surface area contributed by atoms with Gasteiger partial charge in [-0.1, -0.05) is 18.2 Å². The van der Waals surface area contributed by atoms with Crippen LogP contribution in [-0.4, -0.2) is 19.8 Å². The molecule has 0 fully saturated rings. The molecule has 3 aromatic rings. The molecule has 0 radical (unpaired) electrons. The number of nitrogens with zero attached hydrogens (tertiary/aromatic N) is 1.